The normalized spacial score (nSPS) is 35.9. The van der Waals surface area contributed by atoms with E-state index in [0.29, 0.717) is 0 Å². The van der Waals surface area contributed by atoms with E-state index in [0.717, 1.165) is 0 Å². The van der Waals surface area contributed by atoms with Crippen LogP contribution in [-0.4, -0.2) is 54.7 Å². The van der Waals surface area contributed by atoms with Crippen LogP contribution < -0.4 is 5.32 Å². The zero-order valence-electron chi connectivity index (χ0n) is 10.9. The van der Waals surface area contributed by atoms with Gasteiger partial charge in [-0.15, -0.1) is 0 Å². The maximum Gasteiger partial charge on any atom is 0.303 e. The molecule has 0 spiro atoms. The van der Waals surface area contributed by atoms with Crippen LogP contribution in [-0.2, 0) is 23.8 Å². The van der Waals surface area contributed by atoms with Crippen LogP contribution in [0.2, 0.25) is 0 Å². The van der Waals surface area contributed by atoms with E-state index in [1.54, 1.807) is 6.92 Å². The molecule has 0 radical (unpaired) electrons. The van der Waals surface area contributed by atoms with Crippen LogP contribution in [0.5, 0.6) is 0 Å². The molecule has 18 heavy (non-hydrogen) atoms. The number of nitrogens with one attached hydrogen (secondary N) is 1. The third-order valence-corrected chi connectivity index (χ3v) is 2.75. The fourth-order valence-electron chi connectivity index (χ4n) is 2.04. The Kier molecular flexibility index (Phi) is 5.06. The Bertz CT molecular complexity index is 293. The first-order valence-corrected chi connectivity index (χ1v) is 5.67. The minimum atomic E-state index is -1.21. The molecule has 1 aliphatic rings. The minimum Gasteiger partial charge on any atom is -0.457 e. The molecule has 2 N–H and O–H groups in total. The molecular formula is C11H19NO6. The number of hydrogen-bond acceptors (Lipinski definition) is 6. The monoisotopic (exact) mass is 261 g/mol. The Balaban J connectivity index is 2.88. The molecule has 1 rings (SSSR count). The van der Waals surface area contributed by atoms with E-state index in [-0.39, 0.29) is 5.91 Å². The Labute approximate surface area is 105 Å². The van der Waals surface area contributed by atoms with E-state index >= 15 is 0 Å². The third-order valence-electron chi connectivity index (χ3n) is 2.75. The first-order chi connectivity index (χ1) is 8.36. The minimum absolute atomic E-state index is 0.333. The van der Waals surface area contributed by atoms with E-state index in [4.69, 9.17) is 14.2 Å². The van der Waals surface area contributed by atoms with Gasteiger partial charge in [-0.05, 0) is 6.92 Å². The van der Waals surface area contributed by atoms with Crippen LogP contribution >= 0.6 is 0 Å². The molecule has 104 valence electrons. The van der Waals surface area contributed by atoms with Crippen LogP contribution in [0.25, 0.3) is 0 Å². The lowest BCUT2D eigenvalue weighted by molar-refractivity contribution is -0.253. The van der Waals surface area contributed by atoms with Crippen molar-refractivity contribution >= 4 is 11.9 Å². The second kappa shape index (κ2) is 6.12. The maximum absolute atomic E-state index is 11.1. The number of amides is 1. The second-order valence-electron chi connectivity index (χ2n) is 4.23. The number of rotatable bonds is 3. The summed E-state index contributed by atoms with van der Waals surface area (Å²) in [7, 11) is 1.42. The van der Waals surface area contributed by atoms with Crippen LogP contribution in [0.15, 0.2) is 0 Å². The van der Waals surface area contributed by atoms with Crippen LogP contribution in [0.3, 0.4) is 0 Å². The van der Waals surface area contributed by atoms with E-state index in [1.165, 1.54) is 21.0 Å². The third kappa shape index (κ3) is 3.41. The highest BCUT2D eigenvalue weighted by atomic mass is 16.6. The van der Waals surface area contributed by atoms with Crippen molar-refractivity contribution in [1.29, 1.82) is 0 Å². The van der Waals surface area contributed by atoms with Gasteiger partial charge < -0.3 is 24.6 Å². The van der Waals surface area contributed by atoms with Gasteiger partial charge in [0.25, 0.3) is 0 Å². The van der Waals surface area contributed by atoms with E-state index in [1.807, 2.05) is 0 Å². The molecule has 0 bridgehead atoms. The van der Waals surface area contributed by atoms with Gasteiger partial charge in [0.15, 0.2) is 12.4 Å². The Morgan fingerprint density at radius 2 is 1.89 bits per heavy atom. The van der Waals surface area contributed by atoms with Crippen molar-refractivity contribution in [2.24, 2.45) is 0 Å². The first-order valence-electron chi connectivity index (χ1n) is 5.67. The van der Waals surface area contributed by atoms with Gasteiger partial charge in [-0.2, -0.15) is 0 Å². The highest BCUT2D eigenvalue weighted by Crippen LogP contribution is 2.24. The molecule has 1 amide bonds. The summed E-state index contributed by atoms with van der Waals surface area (Å²) in [5.41, 5.74) is 0. The topological polar surface area (TPSA) is 94.1 Å². The molecule has 0 aliphatic carbocycles. The summed E-state index contributed by atoms with van der Waals surface area (Å²) >= 11 is 0. The molecule has 1 saturated heterocycles. The summed E-state index contributed by atoms with van der Waals surface area (Å²) in [6, 6.07) is -0.784. The smallest absolute Gasteiger partial charge is 0.303 e. The van der Waals surface area contributed by atoms with Crippen LogP contribution in [0, 0.1) is 0 Å². The molecule has 7 nitrogen and oxygen atoms in total. The van der Waals surface area contributed by atoms with Gasteiger partial charge in [-0.3, -0.25) is 9.59 Å². The molecular weight excluding hydrogens is 242 g/mol. The first kappa shape index (κ1) is 14.9. The largest absolute Gasteiger partial charge is 0.457 e. The molecule has 0 aromatic rings. The number of carbonyl (C=O) groups is 2. The van der Waals surface area contributed by atoms with Gasteiger partial charge >= 0.3 is 5.97 Å². The van der Waals surface area contributed by atoms with Gasteiger partial charge in [0.2, 0.25) is 5.91 Å². The summed E-state index contributed by atoms with van der Waals surface area (Å²) in [4.78, 5) is 22.1. The summed E-state index contributed by atoms with van der Waals surface area (Å²) in [6.45, 7) is 4.25. The van der Waals surface area contributed by atoms with Crippen molar-refractivity contribution in [3.8, 4) is 0 Å². The van der Waals surface area contributed by atoms with Crippen LogP contribution in [0.1, 0.15) is 20.8 Å². The Morgan fingerprint density at radius 3 is 2.33 bits per heavy atom. The van der Waals surface area contributed by atoms with Crippen molar-refractivity contribution in [2.75, 3.05) is 7.11 Å². The van der Waals surface area contributed by atoms with Crippen molar-refractivity contribution in [3.63, 3.8) is 0 Å². The van der Waals surface area contributed by atoms with Crippen LogP contribution in [0.4, 0.5) is 0 Å². The second-order valence-corrected chi connectivity index (χ2v) is 4.23. The van der Waals surface area contributed by atoms with Crippen molar-refractivity contribution < 1.29 is 28.9 Å². The fourth-order valence-corrected chi connectivity index (χ4v) is 2.04. The number of aliphatic hydroxyl groups excluding tert-OH is 1. The highest BCUT2D eigenvalue weighted by Gasteiger charge is 2.46. The van der Waals surface area contributed by atoms with Gasteiger partial charge in [-0.25, -0.2) is 0 Å². The number of hydrogen-bond donors (Lipinski definition) is 2. The SMILES string of the molecule is CO[C@@H]1[C@H](NC(C)=O)[C@@H](O)O[C@H](C)[C@@H]1OC(C)=O. The molecule has 0 saturated carbocycles. The van der Waals surface area contributed by atoms with Crippen molar-refractivity contribution in [3.05, 3.63) is 0 Å². The van der Waals surface area contributed by atoms with E-state index in [2.05, 4.69) is 5.32 Å². The van der Waals surface area contributed by atoms with Gasteiger partial charge in [-0.1, -0.05) is 0 Å². The average molecular weight is 261 g/mol. The summed E-state index contributed by atoms with van der Waals surface area (Å²) in [6.07, 6.45) is -3.09. The lowest BCUT2D eigenvalue weighted by atomic mass is 9.97. The summed E-state index contributed by atoms with van der Waals surface area (Å²) < 4.78 is 15.6. The predicted octanol–water partition coefficient (Wildman–Crippen LogP) is -0.825. The maximum atomic E-state index is 11.1. The van der Waals surface area contributed by atoms with Gasteiger partial charge in [0.1, 0.15) is 12.1 Å². The molecule has 0 aromatic heterocycles. The molecule has 1 aliphatic heterocycles. The number of methoxy groups -OCH3 is 1. The zero-order valence-corrected chi connectivity index (χ0v) is 10.9. The molecule has 0 aromatic carbocycles. The number of esters is 1. The van der Waals surface area contributed by atoms with E-state index < -0.39 is 36.6 Å². The molecule has 1 heterocycles. The standard InChI is InChI=1S/C11H19NO6/c1-5-9(18-7(3)14)10(16-4)8(11(15)17-5)12-6(2)13/h5,8-11,15H,1-4H3,(H,12,13)/t5-,8+,9+,10-,11+/m1/s1. The Morgan fingerprint density at radius 1 is 1.28 bits per heavy atom. The highest BCUT2D eigenvalue weighted by molar-refractivity contribution is 5.73. The molecule has 5 atom stereocenters. The van der Waals surface area contributed by atoms with Crippen molar-refractivity contribution in [1.82, 2.24) is 5.32 Å². The quantitative estimate of drug-likeness (QED) is 0.644. The van der Waals surface area contributed by atoms with Gasteiger partial charge in [0.05, 0.1) is 6.10 Å². The zero-order chi connectivity index (χ0) is 13.9. The van der Waals surface area contributed by atoms with Crippen molar-refractivity contribution in [2.45, 2.75) is 51.4 Å². The predicted molar refractivity (Wildman–Crippen MR) is 60.5 cm³/mol. The number of carbonyl (C=O) groups excluding carboxylic acids is 2. The lowest BCUT2D eigenvalue weighted by Gasteiger charge is -2.42. The van der Waals surface area contributed by atoms with E-state index in [9.17, 15) is 14.7 Å². The molecule has 7 heteroatoms. The Hall–Kier alpha value is -1.18. The number of ether oxygens (including phenoxy) is 3. The average Bonchev–Trinajstić information content (AvgIpc) is 2.24. The lowest BCUT2D eigenvalue weighted by Crippen LogP contribution is -2.64. The van der Waals surface area contributed by atoms with Gasteiger partial charge in [0, 0.05) is 21.0 Å². The molecule has 1 fully saturated rings. The summed E-state index contributed by atoms with van der Waals surface area (Å²) in [5, 5.41) is 12.3. The molecule has 0 unspecified atom stereocenters. The fraction of sp³-hybridized carbons (Fsp3) is 0.818. The number of aliphatic hydroxyl groups is 1. The summed E-state index contributed by atoms with van der Waals surface area (Å²) in [5.74, 6) is -0.809.